The van der Waals surface area contributed by atoms with E-state index in [2.05, 4.69) is 38.6 Å². The lowest BCUT2D eigenvalue weighted by Crippen LogP contribution is -2.51. The van der Waals surface area contributed by atoms with Crippen LogP contribution in [0.1, 0.15) is 68.2 Å². The van der Waals surface area contributed by atoms with Gasteiger partial charge < -0.3 is 5.32 Å². The van der Waals surface area contributed by atoms with E-state index in [9.17, 15) is 4.79 Å². The van der Waals surface area contributed by atoms with E-state index in [1.165, 1.54) is 24.3 Å². The van der Waals surface area contributed by atoms with Crippen molar-refractivity contribution in [1.82, 2.24) is 5.32 Å². The summed E-state index contributed by atoms with van der Waals surface area (Å²) in [5, 5.41) is 3.59. The van der Waals surface area contributed by atoms with Gasteiger partial charge >= 0.3 is 0 Å². The van der Waals surface area contributed by atoms with Gasteiger partial charge in [0.05, 0.1) is 6.04 Å². The summed E-state index contributed by atoms with van der Waals surface area (Å²) in [4.78, 5) is 12.8. The van der Waals surface area contributed by atoms with Gasteiger partial charge in [-0.2, -0.15) is 0 Å². The summed E-state index contributed by atoms with van der Waals surface area (Å²) in [7, 11) is -0.341. The van der Waals surface area contributed by atoms with Gasteiger partial charge in [-0.1, -0.05) is 28.2 Å². The molecule has 0 bridgehead atoms. The third-order valence-electron chi connectivity index (χ3n) is 4.39. The van der Waals surface area contributed by atoms with E-state index in [-0.39, 0.29) is 34.5 Å². The Labute approximate surface area is 141 Å². The van der Waals surface area contributed by atoms with Crippen molar-refractivity contribution in [3.05, 3.63) is 0 Å². The third-order valence-corrected chi connectivity index (χ3v) is 7.07. The van der Waals surface area contributed by atoms with E-state index >= 15 is 0 Å². The molecule has 0 spiro atoms. The molecule has 3 heteroatoms. The number of nitrogens with one attached hydrogen (secondary N) is 1. The zero-order valence-corrected chi connectivity index (χ0v) is 16.3. The number of carbonyl (C=O) groups is 1. The Morgan fingerprint density at radius 1 is 1.09 bits per heavy atom. The van der Waals surface area contributed by atoms with E-state index < -0.39 is 0 Å². The first-order chi connectivity index (χ1) is 9.30. The summed E-state index contributed by atoms with van der Waals surface area (Å²) in [6.07, 6.45) is 8.54. The monoisotopic (exact) mass is 331 g/mol. The van der Waals surface area contributed by atoms with Crippen LogP contribution in [-0.2, 0) is 4.79 Å². The van der Waals surface area contributed by atoms with Gasteiger partial charge in [0, 0.05) is 11.0 Å². The minimum Gasteiger partial charge on any atom is -0.303 e. The molecular formula is C19H41NOS. The smallest absolute Gasteiger partial charge is 0.155 e. The average molecular weight is 332 g/mol. The Kier molecular flexibility index (Phi) is 7.69. The van der Waals surface area contributed by atoms with Gasteiger partial charge in [-0.3, -0.25) is 4.79 Å². The molecule has 1 rings (SSSR count). The number of hydrogen-bond donors (Lipinski definition) is 1. The van der Waals surface area contributed by atoms with E-state index in [0.29, 0.717) is 5.78 Å². The highest BCUT2D eigenvalue weighted by Gasteiger charge is 2.34. The van der Waals surface area contributed by atoms with E-state index in [1.54, 1.807) is 0 Å². The van der Waals surface area contributed by atoms with Gasteiger partial charge in [0.15, 0.2) is 5.78 Å². The lowest BCUT2D eigenvalue weighted by Gasteiger charge is -2.41. The topological polar surface area (TPSA) is 29.1 Å². The van der Waals surface area contributed by atoms with Crippen LogP contribution in [0.15, 0.2) is 0 Å². The molecule has 1 atom stereocenters. The van der Waals surface area contributed by atoms with Gasteiger partial charge in [-0.25, -0.2) is 10.0 Å². The van der Waals surface area contributed by atoms with Crippen LogP contribution in [0.2, 0.25) is 0 Å². The van der Waals surface area contributed by atoms with Gasteiger partial charge in [0.25, 0.3) is 0 Å². The molecule has 0 aromatic rings. The van der Waals surface area contributed by atoms with Crippen molar-refractivity contribution in [2.24, 2.45) is 11.3 Å². The standard InChI is InChI=1S/C18H37NOS.CH4/c1-17(2,3)16(20)15(19-18(4,5)6)13-14-9-11-21(7,8)12-10-14;/h14-15,19H,9-13H2,1-8H3;1H4. The second kappa shape index (κ2) is 7.70. The summed E-state index contributed by atoms with van der Waals surface area (Å²) < 4.78 is 0. The van der Waals surface area contributed by atoms with Crippen molar-refractivity contribution in [2.45, 2.75) is 79.8 Å². The SMILES string of the molecule is C.CC(C)(C)NC(CC1CCS(C)(C)CC1)C(=O)C(C)(C)C. The summed E-state index contributed by atoms with van der Waals surface area (Å²) in [5.74, 6) is 3.85. The fourth-order valence-electron chi connectivity index (χ4n) is 3.06. The Bertz CT molecular complexity index is 353. The molecular weight excluding hydrogens is 290 g/mol. The van der Waals surface area contributed by atoms with Crippen LogP contribution in [0.3, 0.4) is 0 Å². The number of ketones is 1. The molecule has 22 heavy (non-hydrogen) atoms. The van der Waals surface area contributed by atoms with E-state index in [4.69, 9.17) is 0 Å². The Morgan fingerprint density at radius 3 is 1.91 bits per heavy atom. The predicted octanol–water partition coefficient (Wildman–Crippen LogP) is 4.86. The van der Waals surface area contributed by atoms with Crippen LogP contribution in [0.4, 0.5) is 0 Å². The molecule has 1 saturated heterocycles. The second-order valence-corrected chi connectivity index (χ2v) is 13.8. The molecule has 1 aliphatic rings. The highest BCUT2D eigenvalue weighted by atomic mass is 32.3. The van der Waals surface area contributed by atoms with Crippen molar-refractivity contribution in [2.75, 3.05) is 24.0 Å². The fourth-order valence-corrected chi connectivity index (χ4v) is 5.21. The molecule has 0 radical (unpaired) electrons. The zero-order valence-electron chi connectivity index (χ0n) is 15.5. The Hall–Kier alpha value is -0.0200. The molecule has 1 aliphatic heterocycles. The number of hydrogen-bond acceptors (Lipinski definition) is 2. The van der Waals surface area contributed by atoms with Gasteiger partial charge in [0.2, 0.25) is 0 Å². The molecule has 2 nitrogen and oxygen atoms in total. The van der Waals surface area contributed by atoms with Crippen LogP contribution in [0.5, 0.6) is 0 Å². The molecule has 1 unspecified atom stereocenters. The summed E-state index contributed by atoms with van der Waals surface area (Å²) in [6, 6.07) is 0.00575. The molecule has 1 fully saturated rings. The quantitative estimate of drug-likeness (QED) is 0.797. The first kappa shape index (κ1) is 22.0. The molecule has 0 saturated carbocycles. The highest BCUT2D eigenvalue weighted by Crippen LogP contribution is 2.47. The van der Waals surface area contributed by atoms with Crippen molar-refractivity contribution in [1.29, 1.82) is 0 Å². The molecule has 134 valence electrons. The van der Waals surface area contributed by atoms with Crippen LogP contribution in [0.25, 0.3) is 0 Å². The minimum absolute atomic E-state index is 0. The largest absolute Gasteiger partial charge is 0.303 e. The number of Topliss-reactive ketones (excluding diaryl/α,β-unsaturated/α-hetero) is 1. The van der Waals surface area contributed by atoms with Crippen LogP contribution >= 0.6 is 10.0 Å². The zero-order chi connectivity index (χ0) is 16.5. The maximum absolute atomic E-state index is 12.8. The highest BCUT2D eigenvalue weighted by molar-refractivity contribution is 8.32. The number of rotatable bonds is 4. The summed E-state index contributed by atoms with van der Waals surface area (Å²) in [5.41, 5.74) is -0.271. The maximum Gasteiger partial charge on any atom is 0.155 e. The predicted molar refractivity (Wildman–Crippen MR) is 104 cm³/mol. The third kappa shape index (κ3) is 7.50. The first-order valence-electron chi connectivity index (χ1n) is 8.31. The Morgan fingerprint density at radius 2 is 1.55 bits per heavy atom. The van der Waals surface area contributed by atoms with Crippen molar-refractivity contribution in [3.8, 4) is 0 Å². The van der Waals surface area contributed by atoms with Crippen molar-refractivity contribution >= 4 is 15.8 Å². The van der Waals surface area contributed by atoms with Crippen LogP contribution in [-0.4, -0.2) is 41.4 Å². The van der Waals surface area contributed by atoms with Crippen LogP contribution < -0.4 is 5.32 Å². The van der Waals surface area contributed by atoms with E-state index in [0.717, 1.165) is 12.3 Å². The van der Waals surface area contributed by atoms with Gasteiger partial charge in [-0.15, -0.1) is 0 Å². The molecule has 1 N–H and O–H groups in total. The van der Waals surface area contributed by atoms with Gasteiger partial charge in [-0.05, 0) is 70.0 Å². The van der Waals surface area contributed by atoms with Crippen LogP contribution in [0, 0.1) is 11.3 Å². The molecule has 0 aromatic carbocycles. The lowest BCUT2D eigenvalue weighted by molar-refractivity contribution is -0.129. The molecule has 1 heterocycles. The Balaban J connectivity index is 0.00000441. The molecule has 0 amide bonds. The van der Waals surface area contributed by atoms with Crippen molar-refractivity contribution < 1.29 is 4.79 Å². The van der Waals surface area contributed by atoms with Crippen molar-refractivity contribution in [3.63, 3.8) is 0 Å². The summed E-state index contributed by atoms with van der Waals surface area (Å²) >= 11 is 0. The maximum atomic E-state index is 12.8. The summed E-state index contributed by atoms with van der Waals surface area (Å²) in [6.45, 7) is 12.6. The lowest BCUT2D eigenvalue weighted by atomic mass is 9.81. The average Bonchev–Trinajstić information content (AvgIpc) is 2.27. The minimum atomic E-state index is -0.341. The first-order valence-corrected chi connectivity index (χ1v) is 11.1. The fraction of sp³-hybridized carbons (Fsp3) is 0.947. The molecule has 0 aliphatic carbocycles. The number of carbonyl (C=O) groups excluding carboxylic acids is 1. The second-order valence-electron chi connectivity index (χ2n) is 9.42. The molecule has 0 aromatic heterocycles. The van der Waals surface area contributed by atoms with E-state index in [1.807, 2.05) is 20.8 Å². The van der Waals surface area contributed by atoms with Gasteiger partial charge in [0.1, 0.15) is 0 Å². The normalized spacial score (nSPS) is 22.5.